The molecule has 1 saturated heterocycles. The van der Waals surface area contributed by atoms with E-state index in [4.69, 9.17) is 16.7 Å². The van der Waals surface area contributed by atoms with Crippen molar-refractivity contribution in [2.24, 2.45) is 0 Å². The van der Waals surface area contributed by atoms with Crippen molar-refractivity contribution in [3.05, 3.63) is 28.8 Å². The van der Waals surface area contributed by atoms with Crippen LogP contribution in [0.15, 0.2) is 18.2 Å². The monoisotopic (exact) mass is 282 g/mol. The summed E-state index contributed by atoms with van der Waals surface area (Å²) >= 11 is 6.03. The van der Waals surface area contributed by atoms with Crippen LogP contribution >= 0.6 is 11.6 Å². The molecule has 0 bridgehead atoms. The van der Waals surface area contributed by atoms with E-state index < -0.39 is 18.0 Å². The Balaban J connectivity index is 2.15. The number of carboxylic acids is 1. The predicted molar refractivity (Wildman–Crippen MR) is 72.6 cm³/mol. The fraction of sp³-hybridized carbons (Fsp3) is 0.385. The van der Waals surface area contributed by atoms with Crippen molar-refractivity contribution >= 4 is 29.3 Å². The molecule has 6 heteroatoms. The van der Waals surface area contributed by atoms with Gasteiger partial charge in [0.15, 0.2) is 0 Å². The van der Waals surface area contributed by atoms with Crippen molar-refractivity contribution in [1.82, 2.24) is 4.90 Å². The number of hydrogen-bond acceptors (Lipinski definition) is 2. The summed E-state index contributed by atoms with van der Waals surface area (Å²) in [7, 11) is 0. The lowest BCUT2D eigenvalue weighted by atomic mass is 10.2. The molecule has 5 nitrogen and oxygen atoms in total. The lowest BCUT2D eigenvalue weighted by Gasteiger charge is -2.22. The van der Waals surface area contributed by atoms with Gasteiger partial charge in [0.1, 0.15) is 6.04 Å². The zero-order chi connectivity index (χ0) is 14.0. The van der Waals surface area contributed by atoms with E-state index in [0.29, 0.717) is 30.1 Å². The van der Waals surface area contributed by atoms with Crippen LogP contribution in [-0.4, -0.2) is 34.6 Å². The molecule has 1 heterocycles. The molecule has 0 radical (unpaired) electrons. The number of rotatable bonds is 2. The quantitative estimate of drug-likeness (QED) is 0.876. The predicted octanol–water partition coefficient (Wildman–Crippen LogP) is 2.73. The number of halogens is 1. The highest BCUT2D eigenvalue weighted by atomic mass is 35.5. The van der Waals surface area contributed by atoms with Gasteiger partial charge in [0.25, 0.3) is 0 Å². The second kappa shape index (κ2) is 5.48. The van der Waals surface area contributed by atoms with Crippen LogP contribution in [0.4, 0.5) is 10.5 Å². The van der Waals surface area contributed by atoms with Gasteiger partial charge in [-0.15, -0.1) is 0 Å². The second-order valence-electron chi connectivity index (χ2n) is 4.55. The standard InChI is InChI=1S/C13H15ClN2O3/c1-8-4-2-5-9(14)11(8)15-13(19)16-7-3-6-10(16)12(17)18/h2,4-5,10H,3,6-7H2,1H3,(H,15,19)(H,17,18). The largest absolute Gasteiger partial charge is 0.480 e. The first kappa shape index (κ1) is 13.7. The van der Waals surface area contributed by atoms with E-state index >= 15 is 0 Å². The SMILES string of the molecule is Cc1cccc(Cl)c1NC(=O)N1CCCC1C(=O)O. The number of carboxylic acid groups (broad SMARTS) is 1. The molecular weight excluding hydrogens is 268 g/mol. The number of nitrogens with one attached hydrogen (secondary N) is 1. The third kappa shape index (κ3) is 2.81. The van der Waals surface area contributed by atoms with Crippen molar-refractivity contribution in [3.8, 4) is 0 Å². The van der Waals surface area contributed by atoms with Gasteiger partial charge in [0.05, 0.1) is 10.7 Å². The number of nitrogens with zero attached hydrogens (tertiary/aromatic N) is 1. The van der Waals surface area contributed by atoms with Crippen molar-refractivity contribution in [2.75, 3.05) is 11.9 Å². The Kier molecular flexibility index (Phi) is 3.95. The molecule has 2 rings (SSSR count). The average molecular weight is 283 g/mol. The molecule has 1 unspecified atom stereocenters. The van der Waals surface area contributed by atoms with Crippen LogP contribution in [0, 0.1) is 6.92 Å². The van der Waals surface area contributed by atoms with Crippen LogP contribution in [0.2, 0.25) is 5.02 Å². The molecule has 1 atom stereocenters. The molecule has 2 N–H and O–H groups in total. The molecule has 1 aromatic rings. The van der Waals surface area contributed by atoms with Gasteiger partial charge in [-0.1, -0.05) is 23.7 Å². The minimum absolute atomic E-state index is 0.416. The zero-order valence-corrected chi connectivity index (χ0v) is 11.3. The van der Waals surface area contributed by atoms with Crippen LogP contribution in [0.1, 0.15) is 18.4 Å². The lowest BCUT2D eigenvalue weighted by molar-refractivity contribution is -0.141. The molecule has 1 aliphatic heterocycles. The average Bonchev–Trinajstić information content (AvgIpc) is 2.83. The highest BCUT2D eigenvalue weighted by Gasteiger charge is 2.34. The van der Waals surface area contributed by atoms with Crippen molar-refractivity contribution in [3.63, 3.8) is 0 Å². The third-order valence-electron chi connectivity index (χ3n) is 3.25. The Labute approximate surface area is 116 Å². The first-order chi connectivity index (χ1) is 9.00. The number of aryl methyl sites for hydroxylation is 1. The van der Waals surface area contributed by atoms with Gasteiger partial charge in [-0.25, -0.2) is 9.59 Å². The van der Waals surface area contributed by atoms with Crippen molar-refractivity contribution < 1.29 is 14.7 Å². The van der Waals surface area contributed by atoms with Gasteiger partial charge in [0, 0.05) is 6.54 Å². The maximum absolute atomic E-state index is 12.1. The zero-order valence-electron chi connectivity index (χ0n) is 10.5. The van der Waals surface area contributed by atoms with E-state index in [9.17, 15) is 9.59 Å². The van der Waals surface area contributed by atoms with E-state index in [1.807, 2.05) is 13.0 Å². The Hall–Kier alpha value is -1.75. The number of para-hydroxylation sites is 1. The molecule has 1 aromatic carbocycles. The molecule has 0 aromatic heterocycles. The van der Waals surface area contributed by atoms with Gasteiger partial charge < -0.3 is 15.3 Å². The summed E-state index contributed by atoms with van der Waals surface area (Å²) in [6.45, 7) is 2.28. The molecule has 0 saturated carbocycles. The summed E-state index contributed by atoms with van der Waals surface area (Å²) < 4.78 is 0. The second-order valence-corrected chi connectivity index (χ2v) is 4.96. The fourth-order valence-electron chi connectivity index (χ4n) is 2.24. The molecule has 1 aliphatic rings. The van der Waals surface area contributed by atoms with Gasteiger partial charge in [-0.05, 0) is 31.4 Å². The molecule has 2 amide bonds. The van der Waals surface area contributed by atoms with E-state index in [0.717, 1.165) is 5.56 Å². The minimum Gasteiger partial charge on any atom is -0.480 e. The third-order valence-corrected chi connectivity index (χ3v) is 3.57. The van der Waals surface area contributed by atoms with E-state index in [1.54, 1.807) is 12.1 Å². The number of likely N-dealkylation sites (tertiary alicyclic amines) is 1. The van der Waals surface area contributed by atoms with E-state index in [-0.39, 0.29) is 0 Å². The lowest BCUT2D eigenvalue weighted by Crippen LogP contribution is -2.42. The summed E-state index contributed by atoms with van der Waals surface area (Å²) in [5, 5.41) is 12.2. The number of amides is 2. The van der Waals surface area contributed by atoms with Crippen LogP contribution in [0.25, 0.3) is 0 Å². The molecule has 102 valence electrons. The van der Waals surface area contributed by atoms with Crippen LogP contribution in [0.5, 0.6) is 0 Å². The van der Waals surface area contributed by atoms with E-state index in [1.165, 1.54) is 4.90 Å². The number of benzene rings is 1. The van der Waals surface area contributed by atoms with Gasteiger partial charge >= 0.3 is 12.0 Å². The van der Waals surface area contributed by atoms with Crippen molar-refractivity contribution in [1.29, 1.82) is 0 Å². The number of carbonyl (C=O) groups is 2. The van der Waals surface area contributed by atoms with Gasteiger partial charge in [-0.3, -0.25) is 0 Å². The first-order valence-corrected chi connectivity index (χ1v) is 6.44. The Morgan fingerprint density at radius 2 is 2.21 bits per heavy atom. The molecule has 19 heavy (non-hydrogen) atoms. The maximum Gasteiger partial charge on any atom is 0.326 e. The summed E-state index contributed by atoms with van der Waals surface area (Å²) in [5.41, 5.74) is 1.37. The number of anilines is 1. The van der Waals surface area contributed by atoms with Crippen LogP contribution in [0.3, 0.4) is 0 Å². The Bertz CT molecular complexity index is 498. The number of aliphatic carboxylic acids is 1. The smallest absolute Gasteiger partial charge is 0.326 e. The minimum atomic E-state index is -0.969. The maximum atomic E-state index is 12.1. The summed E-state index contributed by atoms with van der Waals surface area (Å²) in [5.74, 6) is -0.969. The molecular formula is C13H15ClN2O3. The number of hydrogen-bond donors (Lipinski definition) is 2. The number of urea groups is 1. The summed E-state index contributed by atoms with van der Waals surface area (Å²) in [4.78, 5) is 24.5. The highest BCUT2D eigenvalue weighted by Crippen LogP contribution is 2.26. The molecule has 0 aliphatic carbocycles. The number of carbonyl (C=O) groups excluding carboxylic acids is 1. The summed E-state index contributed by atoms with van der Waals surface area (Å²) in [6.07, 6.45) is 1.19. The van der Waals surface area contributed by atoms with Crippen LogP contribution < -0.4 is 5.32 Å². The van der Waals surface area contributed by atoms with Gasteiger partial charge in [-0.2, -0.15) is 0 Å². The van der Waals surface area contributed by atoms with Gasteiger partial charge in [0.2, 0.25) is 0 Å². The normalized spacial score (nSPS) is 18.4. The Morgan fingerprint density at radius 3 is 2.84 bits per heavy atom. The highest BCUT2D eigenvalue weighted by molar-refractivity contribution is 6.33. The molecule has 0 spiro atoms. The van der Waals surface area contributed by atoms with Crippen molar-refractivity contribution in [2.45, 2.75) is 25.8 Å². The summed E-state index contributed by atoms with van der Waals surface area (Å²) in [6, 6.07) is 4.15. The topological polar surface area (TPSA) is 69.6 Å². The fourth-order valence-corrected chi connectivity index (χ4v) is 2.50. The van der Waals surface area contributed by atoms with Crippen LogP contribution in [-0.2, 0) is 4.79 Å². The Morgan fingerprint density at radius 1 is 1.47 bits per heavy atom. The first-order valence-electron chi connectivity index (χ1n) is 6.06. The molecule has 1 fully saturated rings. The van der Waals surface area contributed by atoms with E-state index in [2.05, 4.69) is 5.32 Å².